The summed E-state index contributed by atoms with van der Waals surface area (Å²) in [6.45, 7) is 9.16. The molecule has 3 unspecified atom stereocenters. The molecule has 0 spiro atoms. The van der Waals surface area contributed by atoms with Gasteiger partial charge in [-0.3, -0.25) is 4.90 Å². The van der Waals surface area contributed by atoms with Gasteiger partial charge in [-0.15, -0.1) is 0 Å². The minimum Gasteiger partial charge on any atom is -0.327 e. The maximum Gasteiger partial charge on any atom is 0.0184 e. The molecule has 0 aromatic carbocycles. The molecular formula is C11H24N2S. The van der Waals surface area contributed by atoms with Gasteiger partial charge in [0.25, 0.3) is 0 Å². The molecule has 0 amide bonds. The molecule has 0 radical (unpaired) electrons. The van der Waals surface area contributed by atoms with Gasteiger partial charge in [-0.2, -0.15) is 11.8 Å². The van der Waals surface area contributed by atoms with E-state index in [2.05, 4.69) is 37.4 Å². The Morgan fingerprint density at radius 1 is 1.50 bits per heavy atom. The second-order valence-corrected chi connectivity index (χ2v) is 5.85. The van der Waals surface area contributed by atoms with E-state index in [1.54, 1.807) is 0 Å². The number of hydrogen-bond donors (Lipinski definition) is 1. The highest BCUT2D eigenvalue weighted by Crippen LogP contribution is 2.24. The monoisotopic (exact) mass is 216 g/mol. The van der Waals surface area contributed by atoms with Gasteiger partial charge >= 0.3 is 0 Å². The highest BCUT2D eigenvalue weighted by atomic mass is 32.2. The van der Waals surface area contributed by atoms with Crippen LogP contribution in [0.4, 0.5) is 0 Å². The van der Waals surface area contributed by atoms with Crippen molar-refractivity contribution < 1.29 is 0 Å². The normalized spacial score (nSPS) is 31.7. The third kappa shape index (κ3) is 3.44. The highest BCUT2D eigenvalue weighted by Gasteiger charge is 2.25. The molecule has 3 heteroatoms. The molecule has 1 saturated heterocycles. The molecule has 1 aliphatic rings. The van der Waals surface area contributed by atoms with Crippen LogP contribution in [0, 0.1) is 0 Å². The fourth-order valence-electron chi connectivity index (χ4n) is 2.02. The van der Waals surface area contributed by atoms with Gasteiger partial charge in [-0.05, 0) is 13.3 Å². The van der Waals surface area contributed by atoms with Crippen LogP contribution in [-0.4, -0.2) is 41.1 Å². The molecular weight excluding hydrogens is 192 g/mol. The van der Waals surface area contributed by atoms with Gasteiger partial charge in [0.1, 0.15) is 0 Å². The second kappa shape index (κ2) is 5.99. The average molecular weight is 216 g/mol. The number of rotatable bonds is 4. The van der Waals surface area contributed by atoms with E-state index in [0.717, 1.165) is 18.2 Å². The lowest BCUT2D eigenvalue weighted by Crippen LogP contribution is -2.49. The fourth-order valence-corrected chi connectivity index (χ4v) is 3.18. The molecule has 0 bridgehead atoms. The summed E-state index contributed by atoms with van der Waals surface area (Å²) < 4.78 is 0. The summed E-state index contributed by atoms with van der Waals surface area (Å²) in [4.78, 5) is 2.56. The topological polar surface area (TPSA) is 29.3 Å². The first-order valence-electron chi connectivity index (χ1n) is 5.76. The predicted molar refractivity (Wildman–Crippen MR) is 65.8 cm³/mol. The van der Waals surface area contributed by atoms with Crippen molar-refractivity contribution in [1.82, 2.24) is 4.90 Å². The van der Waals surface area contributed by atoms with E-state index < -0.39 is 0 Å². The molecule has 2 nitrogen and oxygen atoms in total. The first-order chi connectivity index (χ1) is 6.65. The maximum atomic E-state index is 6.07. The Hall–Kier alpha value is 0.270. The van der Waals surface area contributed by atoms with E-state index in [-0.39, 0.29) is 0 Å². The van der Waals surface area contributed by atoms with Gasteiger partial charge in [0.05, 0.1) is 0 Å². The molecule has 2 N–H and O–H groups in total. The van der Waals surface area contributed by atoms with Crippen LogP contribution in [-0.2, 0) is 0 Å². The number of hydrogen-bond acceptors (Lipinski definition) is 3. The summed E-state index contributed by atoms with van der Waals surface area (Å²) >= 11 is 2.09. The molecule has 1 fully saturated rings. The van der Waals surface area contributed by atoms with E-state index >= 15 is 0 Å². The van der Waals surface area contributed by atoms with Crippen molar-refractivity contribution in [3.63, 3.8) is 0 Å². The fraction of sp³-hybridized carbons (Fsp3) is 1.00. The molecule has 0 aliphatic carbocycles. The van der Waals surface area contributed by atoms with E-state index in [1.807, 2.05) is 0 Å². The van der Waals surface area contributed by atoms with Crippen LogP contribution in [0.15, 0.2) is 0 Å². The Labute approximate surface area is 92.6 Å². The van der Waals surface area contributed by atoms with Gasteiger partial charge in [-0.25, -0.2) is 0 Å². The Morgan fingerprint density at radius 2 is 2.21 bits per heavy atom. The van der Waals surface area contributed by atoms with E-state index in [9.17, 15) is 0 Å². The first-order valence-corrected chi connectivity index (χ1v) is 6.81. The number of thioether (sulfide) groups is 1. The molecule has 14 heavy (non-hydrogen) atoms. The first kappa shape index (κ1) is 12.3. The van der Waals surface area contributed by atoms with E-state index in [0.29, 0.717) is 12.1 Å². The van der Waals surface area contributed by atoms with Crippen molar-refractivity contribution in [2.45, 2.75) is 50.9 Å². The van der Waals surface area contributed by atoms with E-state index in [1.165, 1.54) is 18.7 Å². The van der Waals surface area contributed by atoms with Gasteiger partial charge in [0.15, 0.2) is 0 Å². The van der Waals surface area contributed by atoms with Crippen LogP contribution in [0.25, 0.3) is 0 Å². The Morgan fingerprint density at radius 3 is 2.86 bits per heavy atom. The third-order valence-corrected chi connectivity index (χ3v) is 4.48. The minimum absolute atomic E-state index is 0.373. The minimum atomic E-state index is 0.373. The highest BCUT2D eigenvalue weighted by molar-refractivity contribution is 8.00. The summed E-state index contributed by atoms with van der Waals surface area (Å²) in [7, 11) is 0. The Balaban J connectivity index is 2.35. The van der Waals surface area contributed by atoms with Crippen LogP contribution in [0.2, 0.25) is 0 Å². The Kier molecular flexibility index (Phi) is 5.28. The maximum absolute atomic E-state index is 6.07. The van der Waals surface area contributed by atoms with Crippen molar-refractivity contribution in [3.05, 3.63) is 0 Å². The lowest BCUT2D eigenvalue weighted by atomic mass is 10.1. The van der Waals surface area contributed by atoms with Crippen molar-refractivity contribution in [2.75, 3.05) is 18.8 Å². The number of nitrogens with zero attached hydrogens (tertiary/aromatic N) is 1. The smallest absolute Gasteiger partial charge is 0.0184 e. The predicted octanol–water partition coefficient (Wildman–Crippen LogP) is 1.94. The van der Waals surface area contributed by atoms with Crippen molar-refractivity contribution in [3.8, 4) is 0 Å². The molecule has 0 saturated carbocycles. The molecule has 1 rings (SSSR count). The molecule has 3 atom stereocenters. The summed E-state index contributed by atoms with van der Waals surface area (Å²) in [5.74, 6) is 1.27. The van der Waals surface area contributed by atoms with Crippen LogP contribution in [0.1, 0.15) is 33.6 Å². The second-order valence-electron chi connectivity index (χ2n) is 4.36. The van der Waals surface area contributed by atoms with Gasteiger partial charge in [0.2, 0.25) is 0 Å². The van der Waals surface area contributed by atoms with Gasteiger partial charge < -0.3 is 5.73 Å². The Bertz CT molecular complexity index is 163. The quantitative estimate of drug-likeness (QED) is 0.779. The van der Waals surface area contributed by atoms with Crippen LogP contribution < -0.4 is 5.73 Å². The molecule has 1 heterocycles. The standard InChI is InChI=1S/C11H24N2S/c1-4-5-11(12)8-13-6-7-14-10(3)9(13)2/h9-11H,4-8,12H2,1-3H3. The zero-order chi connectivity index (χ0) is 10.6. The largest absolute Gasteiger partial charge is 0.327 e. The van der Waals surface area contributed by atoms with E-state index in [4.69, 9.17) is 5.73 Å². The lowest BCUT2D eigenvalue weighted by molar-refractivity contribution is 0.197. The average Bonchev–Trinajstić information content (AvgIpc) is 2.13. The van der Waals surface area contributed by atoms with Crippen LogP contribution >= 0.6 is 11.8 Å². The summed E-state index contributed by atoms with van der Waals surface area (Å²) in [6, 6.07) is 1.06. The molecule has 0 aromatic heterocycles. The van der Waals surface area contributed by atoms with Crippen molar-refractivity contribution >= 4 is 11.8 Å². The van der Waals surface area contributed by atoms with Crippen molar-refractivity contribution in [1.29, 1.82) is 0 Å². The number of nitrogens with two attached hydrogens (primary N) is 1. The summed E-state index contributed by atoms with van der Waals surface area (Å²) in [5, 5.41) is 0.762. The lowest BCUT2D eigenvalue weighted by Gasteiger charge is -2.38. The summed E-state index contributed by atoms with van der Waals surface area (Å²) in [6.07, 6.45) is 2.36. The molecule has 84 valence electrons. The SMILES string of the molecule is CCCC(N)CN1CCSC(C)C1C. The summed E-state index contributed by atoms with van der Waals surface area (Å²) in [5.41, 5.74) is 6.07. The van der Waals surface area contributed by atoms with Gasteiger partial charge in [-0.1, -0.05) is 20.3 Å². The van der Waals surface area contributed by atoms with Gasteiger partial charge in [0, 0.05) is 36.2 Å². The van der Waals surface area contributed by atoms with Crippen LogP contribution in [0.3, 0.4) is 0 Å². The zero-order valence-corrected chi connectivity index (χ0v) is 10.5. The van der Waals surface area contributed by atoms with Crippen molar-refractivity contribution in [2.24, 2.45) is 5.73 Å². The molecule has 0 aromatic rings. The third-order valence-electron chi connectivity index (χ3n) is 3.14. The zero-order valence-electron chi connectivity index (χ0n) is 9.70. The van der Waals surface area contributed by atoms with Crippen LogP contribution in [0.5, 0.6) is 0 Å². The molecule has 1 aliphatic heterocycles.